The van der Waals surface area contributed by atoms with E-state index in [0.717, 1.165) is 57.8 Å². The lowest BCUT2D eigenvalue weighted by molar-refractivity contribution is 0.115. The predicted octanol–water partition coefficient (Wildman–Crippen LogP) is 2.66. The molecule has 0 aromatic rings. The molecule has 6 heteroatoms. The monoisotopic (exact) mass is 440 g/mol. The summed E-state index contributed by atoms with van der Waals surface area (Å²) in [6, 6.07) is 0.475. The Morgan fingerprint density at radius 2 is 1.91 bits per heavy atom. The molecule has 138 valence electrons. The van der Waals surface area contributed by atoms with Crippen LogP contribution in [0.25, 0.3) is 0 Å². The first kappa shape index (κ1) is 22.9. The highest BCUT2D eigenvalue weighted by atomic mass is 127. The molecule has 1 N–H and O–H groups in total. The molecule has 1 fully saturated rings. The minimum absolute atomic E-state index is 0. The van der Waals surface area contributed by atoms with Gasteiger partial charge in [-0.3, -0.25) is 9.89 Å². The highest BCUT2D eigenvalue weighted by Crippen LogP contribution is 2.28. The molecule has 1 atom stereocenters. The third-order valence-electron chi connectivity index (χ3n) is 4.26. The average molecular weight is 440 g/mol. The van der Waals surface area contributed by atoms with E-state index in [1.807, 2.05) is 0 Å². The molecule has 23 heavy (non-hydrogen) atoms. The van der Waals surface area contributed by atoms with Crippen LogP contribution in [0, 0.1) is 5.92 Å². The summed E-state index contributed by atoms with van der Waals surface area (Å²) in [5.74, 6) is 1.82. The highest BCUT2D eigenvalue weighted by Gasteiger charge is 2.21. The fourth-order valence-corrected chi connectivity index (χ4v) is 2.49. The molecule has 5 nitrogen and oxygen atoms in total. The minimum atomic E-state index is 0. The molecule has 0 aromatic heterocycles. The summed E-state index contributed by atoms with van der Waals surface area (Å²) >= 11 is 0. The van der Waals surface area contributed by atoms with Gasteiger partial charge in [0.05, 0.1) is 13.2 Å². The Morgan fingerprint density at radius 3 is 2.43 bits per heavy atom. The van der Waals surface area contributed by atoms with E-state index in [2.05, 4.69) is 49.9 Å². The van der Waals surface area contributed by atoms with E-state index < -0.39 is 0 Å². The fraction of sp³-hybridized carbons (Fsp3) is 0.941. The second-order valence-corrected chi connectivity index (χ2v) is 6.20. The zero-order valence-electron chi connectivity index (χ0n) is 15.7. The number of rotatable bonds is 11. The summed E-state index contributed by atoms with van der Waals surface area (Å²) in [6.07, 6.45) is 2.70. The summed E-state index contributed by atoms with van der Waals surface area (Å²) in [5.41, 5.74) is 0. The fourth-order valence-electron chi connectivity index (χ4n) is 2.49. The van der Waals surface area contributed by atoms with Gasteiger partial charge in [-0.2, -0.15) is 0 Å². The van der Waals surface area contributed by atoms with Crippen LogP contribution in [0.5, 0.6) is 0 Å². The Labute approximate surface area is 160 Å². The lowest BCUT2D eigenvalue weighted by Crippen LogP contribution is -2.42. The number of nitrogens with zero attached hydrogens (tertiary/aromatic N) is 3. The van der Waals surface area contributed by atoms with Crippen LogP contribution < -0.4 is 5.32 Å². The molecule has 1 aliphatic carbocycles. The lowest BCUT2D eigenvalue weighted by Gasteiger charge is -2.26. The van der Waals surface area contributed by atoms with Crippen LogP contribution in [-0.4, -0.2) is 74.8 Å². The SMILES string of the molecule is CCNC(=NCC(C)N(CC)CC)N(C)CCOCC1CC1.I. The first-order valence-electron chi connectivity index (χ1n) is 8.93. The van der Waals surface area contributed by atoms with Crippen molar-refractivity contribution in [2.24, 2.45) is 10.9 Å². The molecule has 0 heterocycles. The quantitative estimate of drug-likeness (QED) is 0.232. The molecule has 0 radical (unpaired) electrons. The van der Waals surface area contributed by atoms with Gasteiger partial charge in [-0.1, -0.05) is 13.8 Å². The average Bonchev–Trinajstić information content (AvgIpc) is 3.33. The number of aliphatic imine (C=N–C) groups is 1. The molecule has 1 rings (SSSR count). The molecule has 0 bridgehead atoms. The van der Waals surface area contributed by atoms with E-state index in [9.17, 15) is 0 Å². The Balaban J connectivity index is 0.00000484. The minimum Gasteiger partial charge on any atom is -0.379 e. The van der Waals surface area contributed by atoms with E-state index >= 15 is 0 Å². The van der Waals surface area contributed by atoms with Gasteiger partial charge in [-0.05, 0) is 45.7 Å². The number of halogens is 1. The van der Waals surface area contributed by atoms with Gasteiger partial charge < -0.3 is 15.0 Å². The molecule has 1 aliphatic rings. The second-order valence-electron chi connectivity index (χ2n) is 6.20. The van der Waals surface area contributed by atoms with Crippen molar-refractivity contribution in [2.45, 2.75) is 46.6 Å². The van der Waals surface area contributed by atoms with E-state index in [-0.39, 0.29) is 24.0 Å². The molecule has 0 aliphatic heterocycles. The lowest BCUT2D eigenvalue weighted by atomic mass is 10.3. The molecule has 0 amide bonds. The summed E-state index contributed by atoms with van der Waals surface area (Å²) in [6.45, 7) is 15.3. The maximum Gasteiger partial charge on any atom is 0.193 e. The molecule has 0 spiro atoms. The van der Waals surface area contributed by atoms with Crippen LogP contribution >= 0.6 is 24.0 Å². The molecular formula is C17H37IN4O. The number of likely N-dealkylation sites (N-methyl/N-ethyl adjacent to an activating group) is 2. The van der Waals surface area contributed by atoms with Crippen LogP contribution in [0.15, 0.2) is 4.99 Å². The first-order valence-corrected chi connectivity index (χ1v) is 8.93. The first-order chi connectivity index (χ1) is 10.6. The zero-order valence-corrected chi connectivity index (χ0v) is 18.0. The Kier molecular flexibility index (Phi) is 13.2. The van der Waals surface area contributed by atoms with Gasteiger partial charge in [0.2, 0.25) is 0 Å². The van der Waals surface area contributed by atoms with Gasteiger partial charge in [0, 0.05) is 32.8 Å². The highest BCUT2D eigenvalue weighted by molar-refractivity contribution is 14.0. The number of hydrogen-bond acceptors (Lipinski definition) is 3. The molecule has 1 saturated carbocycles. The van der Waals surface area contributed by atoms with Crippen LogP contribution in [-0.2, 0) is 4.74 Å². The van der Waals surface area contributed by atoms with Crippen molar-refractivity contribution in [3.63, 3.8) is 0 Å². The molecule has 0 aromatic carbocycles. The van der Waals surface area contributed by atoms with Gasteiger partial charge in [0.15, 0.2) is 5.96 Å². The maximum absolute atomic E-state index is 5.72. The van der Waals surface area contributed by atoms with E-state index in [1.165, 1.54) is 12.8 Å². The van der Waals surface area contributed by atoms with Crippen molar-refractivity contribution in [3.05, 3.63) is 0 Å². The summed E-state index contributed by atoms with van der Waals surface area (Å²) in [7, 11) is 2.09. The summed E-state index contributed by atoms with van der Waals surface area (Å²) in [4.78, 5) is 9.40. The van der Waals surface area contributed by atoms with Crippen molar-refractivity contribution >= 4 is 29.9 Å². The van der Waals surface area contributed by atoms with Crippen LogP contribution in [0.2, 0.25) is 0 Å². The van der Waals surface area contributed by atoms with Crippen molar-refractivity contribution in [3.8, 4) is 0 Å². The normalized spacial score (nSPS) is 16.2. The molecular weight excluding hydrogens is 403 g/mol. The van der Waals surface area contributed by atoms with Gasteiger partial charge in [0.1, 0.15) is 0 Å². The Hall–Kier alpha value is -0.0800. The van der Waals surface area contributed by atoms with E-state index in [4.69, 9.17) is 9.73 Å². The van der Waals surface area contributed by atoms with Gasteiger partial charge in [-0.15, -0.1) is 24.0 Å². The van der Waals surface area contributed by atoms with Crippen LogP contribution in [0.1, 0.15) is 40.5 Å². The van der Waals surface area contributed by atoms with Crippen molar-refractivity contribution < 1.29 is 4.74 Å². The molecule has 0 saturated heterocycles. The van der Waals surface area contributed by atoms with Gasteiger partial charge in [0.25, 0.3) is 0 Å². The third-order valence-corrected chi connectivity index (χ3v) is 4.26. The second kappa shape index (κ2) is 13.2. The van der Waals surface area contributed by atoms with Crippen LogP contribution in [0.4, 0.5) is 0 Å². The Morgan fingerprint density at radius 1 is 1.26 bits per heavy atom. The van der Waals surface area contributed by atoms with E-state index in [1.54, 1.807) is 0 Å². The zero-order chi connectivity index (χ0) is 16.4. The van der Waals surface area contributed by atoms with E-state index in [0.29, 0.717) is 6.04 Å². The smallest absolute Gasteiger partial charge is 0.193 e. The topological polar surface area (TPSA) is 40.1 Å². The van der Waals surface area contributed by atoms with Crippen molar-refractivity contribution in [2.75, 3.05) is 53.0 Å². The maximum atomic E-state index is 5.72. The summed E-state index contributed by atoms with van der Waals surface area (Å²) in [5, 5.41) is 3.38. The van der Waals surface area contributed by atoms with Crippen molar-refractivity contribution in [1.29, 1.82) is 0 Å². The number of ether oxygens (including phenoxy) is 1. The molecule has 1 unspecified atom stereocenters. The van der Waals surface area contributed by atoms with Crippen molar-refractivity contribution in [1.82, 2.24) is 15.1 Å². The summed E-state index contributed by atoms with van der Waals surface area (Å²) < 4.78 is 5.72. The third kappa shape index (κ3) is 9.72. The number of hydrogen-bond donors (Lipinski definition) is 1. The van der Waals surface area contributed by atoms with Gasteiger partial charge in [-0.25, -0.2) is 0 Å². The number of nitrogens with one attached hydrogen (secondary N) is 1. The van der Waals surface area contributed by atoms with Crippen LogP contribution in [0.3, 0.4) is 0 Å². The Bertz CT molecular complexity index is 320. The standard InChI is InChI=1S/C17H36N4O.HI/c1-6-18-17(19-13-15(4)21(7-2)8-3)20(5)11-12-22-14-16-9-10-16;/h15-16H,6-14H2,1-5H3,(H,18,19);1H. The predicted molar refractivity (Wildman–Crippen MR) is 110 cm³/mol. The number of guanidine groups is 1. The largest absolute Gasteiger partial charge is 0.379 e. The van der Waals surface area contributed by atoms with Gasteiger partial charge >= 0.3 is 0 Å².